The molecule has 2 rings (SSSR count). The monoisotopic (exact) mass is 314 g/mol. The van der Waals surface area contributed by atoms with E-state index in [9.17, 15) is 9.59 Å². The SMILES string of the molecule is CCCNC(=O)[C@H](C)NC(=O)c1ccc2cc(OC)ccc2c1. The lowest BCUT2D eigenvalue weighted by Crippen LogP contribution is -2.44. The molecule has 0 heterocycles. The summed E-state index contributed by atoms with van der Waals surface area (Å²) in [5.41, 5.74) is 0.526. The fourth-order valence-electron chi connectivity index (χ4n) is 2.24. The lowest BCUT2D eigenvalue weighted by Gasteiger charge is -2.14. The van der Waals surface area contributed by atoms with Gasteiger partial charge in [0, 0.05) is 12.1 Å². The van der Waals surface area contributed by atoms with Crippen LogP contribution in [-0.2, 0) is 4.79 Å². The molecule has 0 aliphatic carbocycles. The number of nitrogens with one attached hydrogen (secondary N) is 2. The third kappa shape index (κ3) is 4.22. The van der Waals surface area contributed by atoms with Crippen LogP contribution in [0.4, 0.5) is 0 Å². The maximum atomic E-state index is 12.3. The summed E-state index contributed by atoms with van der Waals surface area (Å²) < 4.78 is 5.19. The molecule has 0 saturated heterocycles. The first-order chi connectivity index (χ1) is 11.0. The second-order valence-corrected chi connectivity index (χ2v) is 5.41. The Kier molecular flexibility index (Phi) is 5.57. The summed E-state index contributed by atoms with van der Waals surface area (Å²) in [6, 6.07) is 10.5. The highest BCUT2D eigenvalue weighted by molar-refractivity contribution is 6.00. The van der Waals surface area contributed by atoms with Gasteiger partial charge in [0.1, 0.15) is 11.8 Å². The van der Waals surface area contributed by atoms with Crippen molar-refractivity contribution < 1.29 is 14.3 Å². The molecule has 2 amide bonds. The van der Waals surface area contributed by atoms with E-state index in [4.69, 9.17) is 4.74 Å². The molecule has 23 heavy (non-hydrogen) atoms. The molecule has 0 saturated carbocycles. The van der Waals surface area contributed by atoms with Crippen LogP contribution in [0.15, 0.2) is 36.4 Å². The normalized spacial score (nSPS) is 11.8. The number of hydrogen-bond donors (Lipinski definition) is 2. The Bertz CT molecular complexity index is 712. The van der Waals surface area contributed by atoms with E-state index in [1.165, 1.54) is 0 Å². The van der Waals surface area contributed by atoms with Crippen LogP contribution in [0.5, 0.6) is 5.75 Å². The summed E-state index contributed by atoms with van der Waals surface area (Å²) in [6.07, 6.45) is 0.862. The molecule has 1 atom stereocenters. The summed E-state index contributed by atoms with van der Waals surface area (Å²) in [6.45, 7) is 4.26. The average molecular weight is 314 g/mol. The van der Waals surface area contributed by atoms with Crippen molar-refractivity contribution in [2.45, 2.75) is 26.3 Å². The molecule has 0 spiro atoms. The van der Waals surface area contributed by atoms with Gasteiger partial charge in [-0.3, -0.25) is 9.59 Å². The summed E-state index contributed by atoms with van der Waals surface area (Å²) in [7, 11) is 1.62. The predicted molar refractivity (Wildman–Crippen MR) is 90.7 cm³/mol. The Labute approximate surface area is 136 Å². The van der Waals surface area contributed by atoms with Gasteiger partial charge in [0.25, 0.3) is 5.91 Å². The van der Waals surface area contributed by atoms with Crippen LogP contribution < -0.4 is 15.4 Å². The van der Waals surface area contributed by atoms with Crippen LogP contribution in [0.25, 0.3) is 10.8 Å². The standard InChI is InChI=1S/C18H22N2O3/c1-4-9-19-17(21)12(2)20-18(22)15-6-5-14-11-16(23-3)8-7-13(14)10-15/h5-8,10-12H,4,9H2,1-3H3,(H,19,21)(H,20,22)/t12-/m0/s1. The highest BCUT2D eigenvalue weighted by atomic mass is 16.5. The summed E-state index contributed by atoms with van der Waals surface area (Å²) in [5.74, 6) is 0.337. The Balaban J connectivity index is 2.10. The first kappa shape index (κ1) is 16.8. The molecule has 5 nitrogen and oxygen atoms in total. The highest BCUT2D eigenvalue weighted by Crippen LogP contribution is 2.21. The number of ether oxygens (including phenoxy) is 1. The second-order valence-electron chi connectivity index (χ2n) is 5.41. The quantitative estimate of drug-likeness (QED) is 0.861. The van der Waals surface area contributed by atoms with Crippen molar-refractivity contribution in [3.63, 3.8) is 0 Å². The van der Waals surface area contributed by atoms with Crippen molar-refractivity contribution >= 4 is 22.6 Å². The topological polar surface area (TPSA) is 67.4 Å². The van der Waals surface area contributed by atoms with E-state index in [1.54, 1.807) is 26.2 Å². The van der Waals surface area contributed by atoms with Crippen molar-refractivity contribution in [2.24, 2.45) is 0 Å². The molecule has 5 heteroatoms. The number of hydrogen-bond acceptors (Lipinski definition) is 3. The van der Waals surface area contributed by atoms with Gasteiger partial charge in [0.2, 0.25) is 5.91 Å². The maximum Gasteiger partial charge on any atom is 0.251 e. The third-order valence-corrected chi connectivity index (χ3v) is 3.60. The number of methoxy groups -OCH3 is 1. The van der Waals surface area contributed by atoms with Crippen molar-refractivity contribution in [1.29, 1.82) is 0 Å². The van der Waals surface area contributed by atoms with Crippen LogP contribution >= 0.6 is 0 Å². The van der Waals surface area contributed by atoms with Gasteiger partial charge in [0.15, 0.2) is 0 Å². The number of amides is 2. The van der Waals surface area contributed by atoms with Gasteiger partial charge in [-0.15, -0.1) is 0 Å². The Hall–Kier alpha value is -2.56. The molecule has 0 aliphatic rings. The van der Waals surface area contributed by atoms with E-state index in [-0.39, 0.29) is 11.8 Å². The average Bonchev–Trinajstić information content (AvgIpc) is 2.58. The van der Waals surface area contributed by atoms with Crippen molar-refractivity contribution in [2.75, 3.05) is 13.7 Å². The molecular formula is C18H22N2O3. The lowest BCUT2D eigenvalue weighted by molar-refractivity contribution is -0.122. The van der Waals surface area contributed by atoms with Crippen LogP contribution in [0.2, 0.25) is 0 Å². The van der Waals surface area contributed by atoms with Gasteiger partial charge >= 0.3 is 0 Å². The van der Waals surface area contributed by atoms with Gasteiger partial charge in [-0.1, -0.05) is 19.1 Å². The molecule has 2 N–H and O–H groups in total. The number of carbonyl (C=O) groups excluding carboxylic acids is 2. The third-order valence-electron chi connectivity index (χ3n) is 3.60. The number of carbonyl (C=O) groups is 2. The van der Waals surface area contributed by atoms with Crippen LogP contribution in [-0.4, -0.2) is 31.5 Å². The number of rotatable bonds is 6. The number of fused-ring (bicyclic) bond motifs is 1. The van der Waals surface area contributed by atoms with E-state index < -0.39 is 6.04 Å². The van der Waals surface area contributed by atoms with Gasteiger partial charge in [-0.25, -0.2) is 0 Å². The van der Waals surface area contributed by atoms with E-state index in [2.05, 4.69) is 10.6 Å². The van der Waals surface area contributed by atoms with E-state index in [1.807, 2.05) is 31.2 Å². The molecule has 2 aromatic carbocycles. The smallest absolute Gasteiger partial charge is 0.251 e. The van der Waals surface area contributed by atoms with Gasteiger partial charge in [0.05, 0.1) is 7.11 Å². The first-order valence-electron chi connectivity index (χ1n) is 7.71. The van der Waals surface area contributed by atoms with E-state index >= 15 is 0 Å². The molecule has 0 radical (unpaired) electrons. The molecule has 2 aromatic rings. The van der Waals surface area contributed by atoms with Gasteiger partial charge < -0.3 is 15.4 Å². The van der Waals surface area contributed by atoms with Gasteiger partial charge in [-0.05, 0) is 48.4 Å². The minimum atomic E-state index is -0.569. The minimum absolute atomic E-state index is 0.175. The molecule has 122 valence electrons. The lowest BCUT2D eigenvalue weighted by atomic mass is 10.1. The van der Waals surface area contributed by atoms with E-state index in [0.717, 1.165) is 22.9 Å². The molecular weight excluding hydrogens is 292 g/mol. The molecule has 0 fully saturated rings. The fraction of sp³-hybridized carbons (Fsp3) is 0.333. The zero-order valence-electron chi connectivity index (χ0n) is 13.7. The van der Waals surface area contributed by atoms with E-state index in [0.29, 0.717) is 12.1 Å². The summed E-state index contributed by atoms with van der Waals surface area (Å²) in [5, 5.41) is 7.42. The van der Waals surface area contributed by atoms with Crippen LogP contribution in [0.3, 0.4) is 0 Å². The maximum absolute atomic E-state index is 12.3. The predicted octanol–water partition coefficient (Wildman–Crippen LogP) is 2.49. The zero-order chi connectivity index (χ0) is 16.8. The summed E-state index contributed by atoms with van der Waals surface area (Å²) in [4.78, 5) is 24.1. The summed E-state index contributed by atoms with van der Waals surface area (Å²) >= 11 is 0. The molecule has 0 aliphatic heterocycles. The molecule has 0 aromatic heterocycles. The number of benzene rings is 2. The zero-order valence-corrected chi connectivity index (χ0v) is 13.7. The van der Waals surface area contributed by atoms with Crippen molar-refractivity contribution in [3.8, 4) is 5.75 Å². The largest absolute Gasteiger partial charge is 0.497 e. The molecule has 0 unspecified atom stereocenters. The minimum Gasteiger partial charge on any atom is -0.497 e. The molecule has 0 bridgehead atoms. The van der Waals surface area contributed by atoms with Crippen LogP contribution in [0.1, 0.15) is 30.6 Å². The second kappa shape index (κ2) is 7.63. The Morgan fingerprint density at radius 1 is 1.13 bits per heavy atom. The van der Waals surface area contributed by atoms with Crippen molar-refractivity contribution in [3.05, 3.63) is 42.0 Å². The Morgan fingerprint density at radius 3 is 2.52 bits per heavy atom. The van der Waals surface area contributed by atoms with Crippen LogP contribution in [0, 0.1) is 0 Å². The fourth-order valence-corrected chi connectivity index (χ4v) is 2.24. The van der Waals surface area contributed by atoms with Crippen molar-refractivity contribution in [1.82, 2.24) is 10.6 Å². The van der Waals surface area contributed by atoms with Gasteiger partial charge in [-0.2, -0.15) is 0 Å². The highest BCUT2D eigenvalue weighted by Gasteiger charge is 2.16. The Morgan fingerprint density at radius 2 is 1.83 bits per heavy atom. The first-order valence-corrected chi connectivity index (χ1v) is 7.71.